The van der Waals surface area contributed by atoms with Crippen molar-refractivity contribution in [3.05, 3.63) is 53.2 Å². The lowest BCUT2D eigenvalue weighted by Crippen LogP contribution is -2.25. The summed E-state index contributed by atoms with van der Waals surface area (Å²) in [6.07, 6.45) is 3.73. The van der Waals surface area contributed by atoms with Gasteiger partial charge in [0.1, 0.15) is 17.7 Å². The van der Waals surface area contributed by atoms with Gasteiger partial charge in [0.15, 0.2) is 0 Å². The van der Waals surface area contributed by atoms with Crippen molar-refractivity contribution in [2.24, 2.45) is 0 Å². The molecule has 5 nitrogen and oxygen atoms in total. The molecule has 24 heavy (non-hydrogen) atoms. The monoisotopic (exact) mass is 325 g/mol. The number of fused-ring (bicyclic) bond motifs is 1. The van der Waals surface area contributed by atoms with Crippen molar-refractivity contribution in [3.63, 3.8) is 0 Å². The van der Waals surface area contributed by atoms with Gasteiger partial charge in [0.2, 0.25) is 0 Å². The number of hydrogen-bond acceptors (Lipinski definition) is 4. The van der Waals surface area contributed by atoms with E-state index in [4.69, 9.17) is 4.74 Å². The minimum atomic E-state index is -0.0363. The number of anilines is 1. The lowest BCUT2D eigenvalue weighted by atomic mass is 10.1. The number of hydrogen-bond donors (Lipinski definition) is 2. The van der Waals surface area contributed by atoms with Crippen LogP contribution in [-0.4, -0.2) is 30.1 Å². The van der Waals surface area contributed by atoms with Gasteiger partial charge in [-0.1, -0.05) is 6.07 Å². The fourth-order valence-electron chi connectivity index (χ4n) is 2.74. The third-order valence-corrected chi connectivity index (χ3v) is 4.01. The highest BCUT2D eigenvalue weighted by molar-refractivity contribution is 5.94. The average molecular weight is 325 g/mol. The number of ether oxygens (including phenoxy) is 1. The first-order valence-electron chi connectivity index (χ1n) is 8.36. The number of nitrogens with zero attached hydrogens (tertiary/aromatic N) is 1. The van der Waals surface area contributed by atoms with Gasteiger partial charge < -0.3 is 15.4 Å². The summed E-state index contributed by atoms with van der Waals surface area (Å²) in [7, 11) is 0. The summed E-state index contributed by atoms with van der Waals surface area (Å²) in [4.78, 5) is 16.5. The SMILES string of the molecule is Cc1ccc(NCCCNC(=O)c2ccc3c(c2)CC(C)O3)nc1. The molecule has 126 valence electrons. The van der Waals surface area contributed by atoms with Crippen LogP contribution in [0.15, 0.2) is 36.5 Å². The van der Waals surface area contributed by atoms with E-state index in [1.165, 1.54) is 0 Å². The zero-order valence-electron chi connectivity index (χ0n) is 14.1. The summed E-state index contributed by atoms with van der Waals surface area (Å²) in [5, 5.41) is 6.20. The number of benzene rings is 1. The molecule has 1 amide bonds. The molecule has 1 unspecified atom stereocenters. The van der Waals surface area contributed by atoms with Crippen molar-refractivity contribution < 1.29 is 9.53 Å². The highest BCUT2D eigenvalue weighted by Gasteiger charge is 2.20. The van der Waals surface area contributed by atoms with E-state index in [9.17, 15) is 4.79 Å². The summed E-state index contributed by atoms with van der Waals surface area (Å²) in [6.45, 7) is 5.45. The standard InChI is InChI=1S/C19H23N3O2/c1-13-4-7-18(22-12-13)20-8-3-9-21-19(23)15-5-6-17-16(11-15)10-14(2)24-17/h4-7,11-12,14H,3,8-10H2,1-2H3,(H,20,22)(H,21,23). The first-order valence-corrected chi connectivity index (χ1v) is 8.36. The van der Waals surface area contributed by atoms with Crippen molar-refractivity contribution in [1.82, 2.24) is 10.3 Å². The molecule has 0 spiro atoms. The topological polar surface area (TPSA) is 63.2 Å². The van der Waals surface area contributed by atoms with Gasteiger partial charge in [-0.05, 0) is 55.7 Å². The Morgan fingerprint density at radius 3 is 2.96 bits per heavy atom. The summed E-state index contributed by atoms with van der Waals surface area (Å²) in [6, 6.07) is 9.62. The van der Waals surface area contributed by atoms with Crippen LogP contribution < -0.4 is 15.4 Å². The first kappa shape index (κ1) is 16.3. The molecule has 1 aromatic carbocycles. The van der Waals surface area contributed by atoms with E-state index in [-0.39, 0.29) is 12.0 Å². The number of pyridine rings is 1. The largest absolute Gasteiger partial charge is 0.490 e. The first-order chi connectivity index (χ1) is 11.6. The van der Waals surface area contributed by atoms with E-state index in [0.717, 1.165) is 42.1 Å². The molecule has 1 aliphatic rings. The number of nitrogens with one attached hydrogen (secondary N) is 2. The van der Waals surface area contributed by atoms with Crippen LogP contribution in [-0.2, 0) is 6.42 Å². The van der Waals surface area contributed by atoms with Crippen LogP contribution in [0.4, 0.5) is 5.82 Å². The van der Waals surface area contributed by atoms with Crippen molar-refractivity contribution in [2.75, 3.05) is 18.4 Å². The van der Waals surface area contributed by atoms with Crippen LogP contribution in [0.3, 0.4) is 0 Å². The molecule has 1 atom stereocenters. The van der Waals surface area contributed by atoms with Gasteiger partial charge in [0.05, 0.1) is 0 Å². The Morgan fingerprint density at radius 2 is 2.17 bits per heavy atom. The van der Waals surface area contributed by atoms with Crippen LogP contribution in [0.1, 0.15) is 34.8 Å². The molecule has 0 fully saturated rings. The molecule has 5 heteroatoms. The minimum absolute atomic E-state index is 0.0363. The summed E-state index contributed by atoms with van der Waals surface area (Å²) in [5.74, 6) is 1.72. The van der Waals surface area contributed by atoms with Crippen molar-refractivity contribution in [1.29, 1.82) is 0 Å². The smallest absolute Gasteiger partial charge is 0.251 e. The average Bonchev–Trinajstić information content (AvgIpc) is 2.95. The lowest BCUT2D eigenvalue weighted by molar-refractivity contribution is 0.0953. The number of carbonyl (C=O) groups excluding carboxylic acids is 1. The van der Waals surface area contributed by atoms with E-state index >= 15 is 0 Å². The Hall–Kier alpha value is -2.56. The molecule has 2 heterocycles. The predicted octanol–water partition coefficient (Wildman–Crippen LogP) is 2.95. The van der Waals surface area contributed by atoms with Gasteiger partial charge >= 0.3 is 0 Å². The van der Waals surface area contributed by atoms with E-state index in [1.54, 1.807) is 0 Å². The Kier molecular flexibility index (Phi) is 4.99. The van der Waals surface area contributed by atoms with Crippen molar-refractivity contribution in [2.45, 2.75) is 32.8 Å². The molecular formula is C19H23N3O2. The molecule has 2 N–H and O–H groups in total. The molecule has 1 aliphatic heterocycles. The van der Waals surface area contributed by atoms with E-state index in [0.29, 0.717) is 12.1 Å². The van der Waals surface area contributed by atoms with Crippen LogP contribution in [0.2, 0.25) is 0 Å². The fraction of sp³-hybridized carbons (Fsp3) is 0.368. The van der Waals surface area contributed by atoms with E-state index < -0.39 is 0 Å². The van der Waals surface area contributed by atoms with Gasteiger partial charge in [-0.25, -0.2) is 4.98 Å². The van der Waals surface area contributed by atoms with Crippen molar-refractivity contribution >= 4 is 11.7 Å². The maximum absolute atomic E-state index is 12.2. The molecule has 0 aliphatic carbocycles. The quantitative estimate of drug-likeness (QED) is 0.802. The predicted molar refractivity (Wildman–Crippen MR) is 94.6 cm³/mol. The van der Waals surface area contributed by atoms with Gasteiger partial charge in [0, 0.05) is 31.3 Å². The highest BCUT2D eigenvalue weighted by atomic mass is 16.5. The fourth-order valence-corrected chi connectivity index (χ4v) is 2.74. The Morgan fingerprint density at radius 1 is 1.29 bits per heavy atom. The molecule has 0 saturated heterocycles. The second kappa shape index (κ2) is 7.34. The third kappa shape index (κ3) is 4.04. The normalized spacial score (nSPS) is 15.5. The maximum Gasteiger partial charge on any atom is 0.251 e. The summed E-state index contributed by atoms with van der Waals surface area (Å²) in [5.41, 5.74) is 2.95. The lowest BCUT2D eigenvalue weighted by Gasteiger charge is -2.08. The van der Waals surface area contributed by atoms with Crippen molar-refractivity contribution in [3.8, 4) is 5.75 Å². The molecule has 0 saturated carbocycles. The van der Waals surface area contributed by atoms with E-state index in [2.05, 4.69) is 15.6 Å². The second-order valence-electron chi connectivity index (χ2n) is 6.21. The Labute approximate surface area is 142 Å². The van der Waals surface area contributed by atoms with Crippen LogP contribution in [0.5, 0.6) is 5.75 Å². The van der Waals surface area contributed by atoms with Gasteiger partial charge in [-0.3, -0.25) is 4.79 Å². The Bertz CT molecular complexity index is 713. The molecule has 1 aromatic heterocycles. The summed E-state index contributed by atoms with van der Waals surface area (Å²) >= 11 is 0. The second-order valence-corrected chi connectivity index (χ2v) is 6.21. The third-order valence-electron chi connectivity index (χ3n) is 4.01. The molecule has 2 aromatic rings. The number of aromatic nitrogens is 1. The van der Waals surface area contributed by atoms with Gasteiger partial charge in [-0.15, -0.1) is 0 Å². The maximum atomic E-state index is 12.2. The van der Waals surface area contributed by atoms with Gasteiger partial charge in [-0.2, -0.15) is 0 Å². The van der Waals surface area contributed by atoms with Gasteiger partial charge in [0.25, 0.3) is 5.91 Å². The number of rotatable bonds is 6. The molecule has 3 rings (SSSR count). The highest BCUT2D eigenvalue weighted by Crippen LogP contribution is 2.29. The minimum Gasteiger partial charge on any atom is -0.490 e. The Balaban J connectivity index is 1.41. The number of carbonyl (C=O) groups is 1. The van der Waals surface area contributed by atoms with Crippen LogP contribution >= 0.6 is 0 Å². The molecule has 0 bridgehead atoms. The van der Waals surface area contributed by atoms with E-state index in [1.807, 2.05) is 50.4 Å². The van der Waals surface area contributed by atoms with Crippen LogP contribution in [0, 0.1) is 6.92 Å². The molecular weight excluding hydrogens is 302 g/mol. The van der Waals surface area contributed by atoms with Crippen LogP contribution in [0.25, 0.3) is 0 Å². The zero-order valence-corrected chi connectivity index (χ0v) is 14.1. The number of aryl methyl sites for hydroxylation is 1. The molecule has 0 radical (unpaired) electrons. The summed E-state index contributed by atoms with van der Waals surface area (Å²) < 4.78 is 5.66. The number of amides is 1. The zero-order chi connectivity index (χ0) is 16.9.